The number of aliphatic hydroxyl groups excluding tert-OH is 1. The van der Waals surface area contributed by atoms with Crippen LogP contribution in [0.2, 0.25) is 0 Å². The van der Waals surface area contributed by atoms with Crippen LogP contribution in [0.1, 0.15) is 61.4 Å². The molecule has 12 nitrogen and oxygen atoms in total. The standard InChI is InChI=1S/C32H44N4O8/c1-6-7-12-36(16-10-13-35(5)14-11-16)18-9-8-17-15(2)19-21(26(38)20(17)25(18)37)29(41)32(44)23(27(19)39)24(34(3)4)28(40)22(30(32)42)31(33)43/h8-9,15-16,19,21-24,27,37,39,44H,6-7,10-14H2,1-5H3,(H2,33,43)/t15-,19+,21?,22?,23+,24-,27-,32+/m1/s1. The van der Waals surface area contributed by atoms with Crippen LogP contribution in [0.25, 0.3) is 0 Å². The predicted octanol–water partition coefficient (Wildman–Crippen LogP) is 0.0995. The smallest absolute Gasteiger partial charge is 0.235 e. The summed E-state index contributed by atoms with van der Waals surface area (Å²) in [5.41, 5.74) is 3.24. The molecule has 3 fully saturated rings. The number of aromatic hydroxyl groups is 1. The number of unbranched alkanes of at least 4 members (excludes halogenated alkanes) is 1. The topological polar surface area (TPSA) is 182 Å². The van der Waals surface area contributed by atoms with Crippen LogP contribution in [0, 0.1) is 23.7 Å². The van der Waals surface area contributed by atoms with Crippen molar-refractivity contribution in [3.05, 3.63) is 23.3 Å². The summed E-state index contributed by atoms with van der Waals surface area (Å²) in [6, 6.07) is 2.28. The number of phenols is 1. The van der Waals surface area contributed by atoms with Crippen molar-refractivity contribution in [1.29, 1.82) is 0 Å². The largest absolute Gasteiger partial charge is 0.505 e. The third-order valence-electron chi connectivity index (χ3n) is 10.7. The summed E-state index contributed by atoms with van der Waals surface area (Å²) >= 11 is 0. The van der Waals surface area contributed by atoms with E-state index in [2.05, 4.69) is 23.8 Å². The number of hydrogen-bond donors (Lipinski definition) is 4. The van der Waals surface area contributed by atoms with Gasteiger partial charge in [-0.3, -0.25) is 28.9 Å². The van der Waals surface area contributed by atoms with Gasteiger partial charge in [0.1, 0.15) is 5.75 Å². The molecule has 0 radical (unpaired) electrons. The normalized spacial score (nSPS) is 34.5. The van der Waals surface area contributed by atoms with Crippen molar-refractivity contribution in [2.75, 3.05) is 45.7 Å². The number of piperidine rings is 1. The van der Waals surface area contributed by atoms with E-state index in [4.69, 9.17) is 5.73 Å². The van der Waals surface area contributed by atoms with Crippen LogP contribution in [-0.2, 0) is 19.2 Å². The lowest BCUT2D eigenvalue weighted by atomic mass is 9.49. The molecule has 1 aliphatic heterocycles. The fourth-order valence-electron chi connectivity index (χ4n) is 8.34. The number of fused-ring (bicyclic) bond motifs is 3. The second kappa shape index (κ2) is 11.6. The number of carbonyl (C=O) groups is 5. The molecule has 1 aromatic rings. The Morgan fingerprint density at radius 1 is 1.11 bits per heavy atom. The van der Waals surface area contributed by atoms with Gasteiger partial charge in [-0.2, -0.15) is 0 Å². The lowest BCUT2D eigenvalue weighted by Crippen LogP contribution is -2.77. The maximum absolute atomic E-state index is 14.3. The Labute approximate surface area is 257 Å². The molecule has 2 saturated carbocycles. The van der Waals surface area contributed by atoms with Gasteiger partial charge < -0.3 is 30.9 Å². The van der Waals surface area contributed by atoms with Gasteiger partial charge in [0.25, 0.3) is 0 Å². The summed E-state index contributed by atoms with van der Waals surface area (Å²) < 4.78 is 0. The first-order valence-corrected chi connectivity index (χ1v) is 15.5. The predicted molar refractivity (Wildman–Crippen MR) is 160 cm³/mol. The van der Waals surface area contributed by atoms with Crippen LogP contribution in [0.4, 0.5) is 5.69 Å². The number of amides is 1. The van der Waals surface area contributed by atoms with E-state index in [1.165, 1.54) is 19.0 Å². The van der Waals surface area contributed by atoms with E-state index in [1.54, 1.807) is 19.1 Å². The first-order chi connectivity index (χ1) is 20.7. The number of primary amides is 1. The zero-order valence-electron chi connectivity index (χ0n) is 26.0. The average Bonchev–Trinajstić information content (AvgIpc) is 2.96. The van der Waals surface area contributed by atoms with Crippen molar-refractivity contribution in [1.82, 2.24) is 9.80 Å². The molecule has 0 bridgehead atoms. The van der Waals surface area contributed by atoms with Crippen molar-refractivity contribution in [2.24, 2.45) is 29.4 Å². The lowest BCUT2D eigenvalue weighted by molar-refractivity contribution is -0.196. The molecule has 240 valence electrons. The molecule has 0 aromatic heterocycles. The van der Waals surface area contributed by atoms with Crippen LogP contribution in [0.15, 0.2) is 12.1 Å². The van der Waals surface area contributed by atoms with Gasteiger partial charge in [0.2, 0.25) is 5.91 Å². The molecule has 12 heteroatoms. The zero-order valence-corrected chi connectivity index (χ0v) is 26.0. The van der Waals surface area contributed by atoms with Crippen LogP contribution in [0.3, 0.4) is 0 Å². The van der Waals surface area contributed by atoms with E-state index in [0.717, 1.165) is 38.8 Å². The number of Topliss-reactive ketones (excluding diaryl/α,β-unsaturated/α-hetero) is 4. The molecule has 3 aliphatic carbocycles. The highest BCUT2D eigenvalue weighted by atomic mass is 16.3. The monoisotopic (exact) mass is 612 g/mol. The van der Waals surface area contributed by atoms with Crippen molar-refractivity contribution < 1.29 is 39.3 Å². The Bertz CT molecular complexity index is 1390. The fraction of sp³-hybridized carbons (Fsp3) is 0.656. The van der Waals surface area contributed by atoms with Crippen LogP contribution in [0.5, 0.6) is 5.75 Å². The van der Waals surface area contributed by atoms with Gasteiger partial charge in [0.05, 0.1) is 35.2 Å². The SMILES string of the molecule is CCCCN(c1ccc2c(c1O)C(=O)C1C(=O)[C@]3(O)C(=O)C(C(N)=O)C(=O)[C@H](N(C)C)[C@H]3[C@H](O)[C@H]1[C@@H]2C)C1CCN(C)CC1. The van der Waals surface area contributed by atoms with Crippen LogP contribution < -0.4 is 10.6 Å². The molecule has 5 N–H and O–H groups in total. The first kappa shape index (κ1) is 32.2. The number of nitrogens with two attached hydrogens (primary N) is 1. The number of anilines is 1. The minimum atomic E-state index is -3.01. The van der Waals surface area contributed by atoms with Crippen molar-refractivity contribution in [2.45, 2.75) is 69.2 Å². The minimum Gasteiger partial charge on any atom is -0.505 e. The minimum absolute atomic E-state index is 0.0665. The molecule has 1 amide bonds. The summed E-state index contributed by atoms with van der Waals surface area (Å²) in [5.74, 6) is -13.1. The lowest BCUT2D eigenvalue weighted by Gasteiger charge is -2.56. The average molecular weight is 613 g/mol. The molecule has 0 spiro atoms. The Hall–Kier alpha value is -3.19. The van der Waals surface area contributed by atoms with Crippen molar-refractivity contribution in [3.8, 4) is 5.75 Å². The van der Waals surface area contributed by atoms with E-state index in [1.807, 2.05) is 0 Å². The third kappa shape index (κ3) is 4.60. The summed E-state index contributed by atoms with van der Waals surface area (Å²) in [4.78, 5) is 73.4. The molecule has 2 unspecified atom stereocenters. The number of likely N-dealkylation sites (tertiary alicyclic amines) is 1. The molecule has 1 saturated heterocycles. The van der Waals surface area contributed by atoms with Crippen molar-refractivity contribution >= 4 is 34.7 Å². The number of carbonyl (C=O) groups excluding carboxylic acids is 5. The number of hydrogen-bond acceptors (Lipinski definition) is 11. The van der Waals surface area contributed by atoms with Crippen molar-refractivity contribution in [3.63, 3.8) is 0 Å². The molecule has 4 aliphatic rings. The third-order valence-corrected chi connectivity index (χ3v) is 10.7. The maximum Gasteiger partial charge on any atom is 0.235 e. The molecule has 44 heavy (non-hydrogen) atoms. The second-order valence-electron chi connectivity index (χ2n) is 13.3. The van der Waals surface area contributed by atoms with Gasteiger partial charge in [-0.25, -0.2) is 0 Å². The van der Waals surface area contributed by atoms with Gasteiger partial charge >= 0.3 is 0 Å². The zero-order chi connectivity index (χ0) is 32.4. The molecular formula is C32H44N4O8. The fourth-order valence-corrected chi connectivity index (χ4v) is 8.34. The highest BCUT2D eigenvalue weighted by Crippen LogP contribution is 2.55. The molecule has 5 rings (SSSR count). The van der Waals surface area contributed by atoms with Crippen LogP contribution >= 0.6 is 0 Å². The Morgan fingerprint density at radius 3 is 2.32 bits per heavy atom. The Balaban J connectivity index is 1.62. The molecule has 8 atom stereocenters. The maximum atomic E-state index is 14.3. The first-order valence-electron chi connectivity index (χ1n) is 15.5. The number of ketones is 4. The summed E-state index contributed by atoms with van der Waals surface area (Å²) in [5, 5.41) is 35.4. The van der Waals surface area contributed by atoms with E-state index >= 15 is 0 Å². The molecule has 1 aromatic carbocycles. The molecule has 1 heterocycles. The summed E-state index contributed by atoms with van der Waals surface area (Å²) in [6.45, 7) is 6.24. The van der Waals surface area contributed by atoms with E-state index in [9.17, 15) is 39.3 Å². The number of aliphatic hydroxyl groups is 2. The number of benzene rings is 1. The highest BCUT2D eigenvalue weighted by Gasteiger charge is 2.73. The van der Waals surface area contributed by atoms with Gasteiger partial charge in [0.15, 0.2) is 34.7 Å². The Kier molecular flexibility index (Phi) is 8.51. The summed E-state index contributed by atoms with van der Waals surface area (Å²) in [7, 11) is 5.01. The van der Waals surface area contributed by atoms with Gasteiger partial charge in [-0.15, -0.1) is 0 Å². The second-order valence-corrected chi connectivity index (χ2v) is 13.3. The number of rotatable bonds is 7. The number of likely N-dealkylation sites (N-methyl/N-ethyl adjacent to an activating group) is 1. The van der Waals surface area contributed by atoms with Gasteiger partial charge in [0, 0.05) is 18.5 Å². The number of nitrogens with zero attached hydrogens (tertiary/aromatic N) is 3. The summed E-state index contributed by atoms with van der Waals surface area (Å²) in [6.07, 6.45) is 1.90. The molecular weight excluding hydrogens is 568 g/mol. The van der Waals surface area contributed by atoms with E-state index in [-0.39, 0.29) is 17.4 Å². The van der Waals surface area contributed by atoms with E-state index < -0.39 is 76.4 Å². The van der Waals surface area contributed by atoms with E-state index in [0.29, 0.717) is 17.8 Å². The van der Waals surface area contributed by atoms with Gasteiger partial charge in [-0.05, 0) is 71.0 Å². The van der Waals surface area contributed by atoms with Crippen LogP contribution in [-0.4, -0.2) is 119 Å². The Morgan fingerprint density at radius 2 is 1.75 bits per heavy atom. The highest BCUT2D eigenvalue weighted by molar-refractivity contribution is 6.32. The van der Waals surface area contributed by atoms with Gasteiger partial charge in [-0.1, -0.05) is 26.3 Å². The number of phenolic OH excluding ortho intramolecular Hbond substituents is 1. The quantitative estimate of drug-likeness (QED) is 0.307.